The van der Waals surface area contributed by atoms with Gasteiger partial charge in [0.15, 0.2) is 0 Å². The number of benzene rings is 1. The Bertz CT molecular complexity index is 306. The molecule has 2 nitrogen and oxygen atoms in total. The molecule has 2 N–H and O–H groups in total. The molecule has 15 heavy (non-hydrogen) atoms. The van der Waals surface area contributed by atoms with Crippen molar-refractivity contribution in [3.05, 3.63) is 48.0 Å². The summed E-state index contributed by atoms with van der Waals surface area (Å²) in [6.45, 7) is 7.69. The van der Waals surface area contributed by atoms with Crippen LogP contribution in [0.3, 0.4) is 0 Å². The molecule has 82 valence electrons. The standard InChI is InChI=1S/C13H20N2/c1-11(2)9-15(3)10-13(14)12-7-5-4-6-8-12/h4-8,13H,1,9-10,14H2,2-3H3. The monoisotopic (exact) mass is 204 g/mol. The van der Waals surface area contributed by atoms with Crippen LogP contribution in [-0.2, 0) is 0 Å². The van der Waals surface area contributed by atoms with E-state index in [2.05, 4.69) is 30.7 Å². The summed E-state index contributed by atoms with van der Waals surface area (Å²) in [5.41, 5.74) is 8.45. The topological polar surface area (TPSA) is 29.3 Å². The van der Waals surface area contributed by atoms with Gasteiger partial charge in [-0.3, -0.25) is 0 Å². The third-order valence-electron chi connectivity index (χ3n) is 2.28. The minimum atomic E-state index is 0.0792. The van der Waals surface area contributed by atoms with E-state index in [9.17, 15) is 0 Å². The van der Waals surface area contributed by atoms with Crippen LogP contribution in [0, 0.1) is 0 Å². The Morgan fingerprint density at radius 2 is 2.00 bits per heavy atom. The Morgan fingerprint density at radius 3 is 2.53 bits per heavy atom. The first-order valence-corrected chi connectivity index (χ1v) is 5.23. The molecule has 0 saturated carbocycles. The van der Waals surface area contributed by atoms with Gasteiger partial charge in [0.05, 0.1) is 0 Å². The first-order valence-electron chi connectivity index (χ1n) is 5.23. The van der Waals surface area contributed by atoms with E-state index in [0.29, 0.717) is 0 Å². The van der Waals surface area contributed by atoms with E-state index in [1.54, 1.807) is 0 Å². The van der Waals surface area contributed by atoms with Crippen LogP contribution in [0.5, 0.6) is 0 Å². The summed E-state index contributed by atoms with van der Waals surface area (Å²) in [5.74, 6) is 0. The number of nitrogens with two attached hydrogens (primary N) is 1. The van der Waals surface area contributed by atoms with Gasteiger partial charge < -0.3 is 10.6 Å². The van der Waals surface area contributed by atoms with Crippen molar-refractivity contribution in [3.63, 3.8) is 0 Å². The Hall–Kier alpha value is -1.12. The molecule has 0 aliphatic carbocycles. The average molecular weight is 204 g/mol. The Labute approximate surface area is 92.4 Å². The number of likely N-dealkylation sites (N-methyl/N-ethyl adjacent to an activating group) is 1. The predicted octanol–water partition coefficient (Wildman–Crippen LogP) is 2.19. The zero-order valence-corrected chi connectivity index (χ0v) is 9.61. The minimum Gasteiger partial charge on any atom is -0.323 e. The lowest BCUT2D eigenvalue weighted by molar-refractivity contribution is 0.337. The molecular formula is C13H20N2. The van der Waals surface area contributed by atoms with Crippen LogP contribution < -0.4 is 5.73 Å². The third-order valence-corrected chi connectivity index (χ3v) is 2.28. The molecule has 0 amide bonds. The van der Waals surface area contributed by atoms with Gasteiger partial charge in [-0.1, -0.05) is 42.5 Å². The highest BCUT2D eigenvalue weighted by Gasteiger charge is 2.08. The van der Waals surface area contributed by atoms with Crippen LogP contribution in [0.25, 0.3) is 0 Å². The van der Waals surface area contributed by atoms with Gasteiger partial charge in [0, 0.05) is 19.1 Å². The fraction of sp³-hybridized carbons (Fsp3) is 0.385. The first-order chi connectivity index (χ1) is 7.09. The van der Waals surface area contributed by atoms with Crippen LogP contribution in [0.4, 0.5) is 0 Å². The van der Waals surface area contributed by atoms with Crippen molar-refractivity contribution in [1.82, 2.24) is 4.90 Å². The van der Waals surface area contributed by atoms with Gasteiger partial charge in [-0.15, -0.1) is 0 Å². The molecule has 1 unspecified atom stereocenters. The number of hydrogen-bond donors (Lipinski definition) is 1. The SMILES string of the molecule is C=C(C)CN(C)CC(N)c1ccccc1. The summed E-state index contributed by atoms with van der Waals surface area (Å²) >= 11 is 0. The smallest absolute Gasteiger partial charge is 0.0424 e. The van der Waals surface area contributed by atoms with Crippen molar-refractivity contribution in [2.45, 2.75) is 13.0 Å². The molecule has 0 fully saturated rings. The lowest BCUT2D eigenvalue weighted by Gasteiger charge is -2.21. The van der Waals surface area contributed by atoms with Gasteiger partial charge in [-0.05, 0) is 19.5 Å². The summed E-state index contributed by atoms with van der Waals surface area (Å²) in [6, 6.07) is 10.3. The lowest BCUT2D eigenvalue weighted by atomic mass is 10.1. The molecule has 1 aromatic carbocycles. The quantitative estimate of drug-likeness (QED) is 0.745. The van der Waals surface area contributed by atoms with Crippen molar-refractivity contribution in [2.75, 3.05) is 20.1 Å². The molecule has 1 rings (SSSR count). The van der Waals surface area contributed by atoms with Crippen LogP contribution in [0.15, 0.2) is 42.5 Å². The van der Waals surface area contributed by atoms with E-state index in [1.807, 2.05) is 25.1 Å². The highest BCUT2D eigenvalue weighted by Crippen LogP contribution is 2.10. The van der Waals surface area contributed by atoms with Crippen molar-refractivity contribution < 1.29 is 0 Å². The van der Waals surface area contributed by atoms with Gasteiger partial charge >= 0.3 is 0 Å². The van der Waals surface area contributed by atoms with Crippen LogP contribution in [0.1, 0.15) is 18.5 Å². The molecular weight excluding hydrogens is 184 g/mol. The molecule has 0 bridgehead atoms. The Kier molecular flexibility index (Phi) is 4.53. The van der Waals surface area contributed by atoms with Gasteiger partial charge in [0.2, 0.25) is 0 Å². The molecule has 0 radical (unpaired) electrons. The molecule has 0 heterocycles. The van der Waals surface area contributed by atoms with E-state index in [0.717, 1.165) is 18.7 Å². The predicted molar refractivity (Wildman–Crippen MR) is 65.7 cm³/mol. The molecule has 0 aromatic heterocycles. The van der Waals surface area contributed by atoms with E-state index >= 15 is 0 Å². The Balaban J connectivity index is 2.49. The maximum absolute atomic E-state index is 6.10. The molecule has 0 saturated heterocycles. The number of nitrogens with zero attached hydrogens (tertiary/aromatic N) is 1. The van der Waals surface area contributed by atoms with Crippen molar-refractivity contribution in [1.29, 1.82) is 0 Å². The van der Waals surface area contributed by atoms with Crippen LogP contribution in [0.2, 0.25) is 0 Å². The van der Waals surface area contributed by atoms with E-state index in [1.165, 1.54) is 5.56 Å². The summed E-state index contributed by atoms with van der Waals surface area (Å²) < 4.78 is 0. The molecule has 0 aliphatic heterocycles. The largest absolute Gasteiger partial charge is 0.323 e. The minimum absolute atomic E-state index is 0.0792. The zero-order valence-electron chi connectivity index (χ0n) is 9.61. The van der Waals surface area contributed by atoms with Gasteiger partial charge in [0.1, 0.15) is 0 Å². The number of rotatable bonds is 5. The maximum atomic E-state index is 6.10. The third kappa shape index (κ3) is 4.28. The fourth-order valence-corrected chi connectivity index (χ4v) is 1.67. The molecule has 1 atom stereocenters. The van der Waals surface area contributed by atoms with Gasteiger partial charge in [-0.25, -0.2) is 0 Å². The summed E-state index contributed by atoms with van der Waals surface area (Å²) in [7, 11) is 2.07. The highest BCUT2D eigenvalue weighted by molar-refractivity contribution is 5.18. The maximum Gasteiger partial charge on any atom is 0.0424 e. The van der Waals surface area contributed by atoms with E-state index < -0.39 is 0 Å². The van der Waals surface area contributed by atoms with Crippen molar-refractivity contribution >= 4 is 0 Å². The van der Waals surface area contributed by atoms with Gasteiger partial charge in [0.25, 0.3) is 0 Å². The van der Waals surface area contributed by atoms with Crippen molar-refractivity contribution in [3.8, 4) is 0 Å². The molecule has 0 spiro atoms. The average Bonchev–Trinajstić information content (AvgIpc) is 2.17. The second kappa shape index (κ2) is 5.69. The first kappa shape index (κ1) is 12.0. The highest BCUT2D eigenvalue weighted by atomic mass is 15.1. The second-order valence-corrected chi connectivity index (χ2v) is 4.17. The van der Waals surface area contributed by atoms with Crippen LogP contribution >= 0.6 is 0 Å². The lowest BCUT2D eigenvalue weighted by Crippen LogP contribution is -2.30. The van der Waals surface area contributed by atoms with Crippen molar-refractivity contribution in [2.24, 2.45) is 5.73 Å². The van der Waals surface area contributed by atoms with E-state index in [4.69, 9.17) is 5.73 Å². The molecule has 1 aromatic rings. The van der Waals surface area contributed by atoms with Crippen LogP contribution in [-0.4, -0.2) is 25.0 Å². The molecule has 2 heteroatoms. The summed E-state index contributed by atoms with van der Waals surface area (Å²) in [6.07, 6.45) is 0. The molecule has 0 aliphatic rings. The fourth-order valence-electron chi connectivity index (χ4n) is 1.67. The summed E-state index contributed by atoms with van der Waals surface area (Å²) in [4.78, 5) is 2.19. The second-order valence-electron chi connectivity index (χ2n) is 4.17. The normalized spacial score (nSPS) is 12.8. The number of hydrogen-bond acceptors (Lipinski definition) is 2. The zero-order chi connectivity index (χ0) is 11.3. The summed E-state index contributed by atoms with van der Waals surface area (Å²) in [5, 5.41) is 0. The van der Waals surface area contributed by atoms with E-state index in [-0.39, 0.29) is 6.04 Å². The van der Waals surface area contributed by atoms with Gasteiger partial charge in [-0.2, -0.15) is 0 Å². The Morgan fingerprint density at radius 1 is 1.40 bits per heavy atom.